The van der Waals surface area contributed by atoms with Crippen molar-refractivity contribution >= 4 is 11.8 Å². The van der Waals surface area contributed by atoms with E-state index >= 15 is 0 Å². The van der Waals surface area contributed by atoms with Crippen molar-refractivity contribution in [2.45, 2.75) is 6.54 Å². The van der Waals surface area contributed by atoms with Gasteiger partial charge in [0.15, 0.2) is 0 Å². The summed E-state index contributed by atoms with van der Waals surface area (Å²) in [5.41, 5.74) is 1.47. The molecule has 1 N–H and O–H groups in total. The van der Waals surface area contributed by atoms with Gasteiger partial charge in [-0.05, 0) is 6.07 Å². The predicted octanol–water partition coefficient (Wildman–Crippen LogP) is 1.96. The molecule has 0 unspecified atom stereocenters. The molecule has 0 spiro atoms. The van der Waals surface area contributed by atoms with Gasteiger partial charge in [0, 0.05) is 36.4 Å². The molecule has 0 saturated heterocycles. The number of nitrogens with one attached hydrogen (secondary N) is 1. The van der Waals surface area contributed by atoms with Gasteiger partial charge in [0.25, 0.3) is 0 Å². The molecular formula is C12H15N3S. The van der Waals surface area contributed by atoms with Crippen LogP contribution in [0, 0.1) is 11.3 Å². The van der Waals surface area contributed by atoms with Crippen molar-refractivity contribution in [1.29, 1.82) is 5.26 Å². The minimum absolute atomic E-state index is 0.508. The summed E-state index contributed by atoms with van der Waals surface area (Å²) in [6.07, 6.45) is 3.54. The van der Waals surface area contributed by atoms with Crippen molar-refractivity contribution in [1.82, 2.24) is 10.3 Å². The van der Waals surface area contributed by atoms with E-state index in [1.165, 1.54) is 0 Å². The molecule has 1 aromatic rings. The first-order chi connectivity index (χ1) is 7.88. The molecule has 16 heavy (non-hydrogen) atoms. The largest absolute Gasteiger partial charge is 0.312 e. The molecule has 0 aliphatic heterocycles. The monoisotopic (exact) mass is 233 g/mol. The first-order valence-electron chi connectivity index (χ1n) is 5.12. The van der Waals surface area contributed by atoms with Crippen molar-refractivity contribution in [2.75, 3.05) is 18.1 Å². The quantitative estimate of drug-likeness (QED) is 0.578. The van der Waals surface area contributed by atoms with Crippen molar-refractivity contribution in [3.8, 4) is 6.07 Å². The molecule has 0 bridgehead atoms. The van der Waals surface area contributed by atoms with Crippen molar-refractivity contribution < 1.29 is 0 Å². The zero-order valence-corrected chi connectivity index (χ0v) is 9.96. The van der Waals surface area contributed by atoms with E-state index in [1.807, 2.05) is 30.0 Å². The van der Waals surface area contributed by atoms with Crippen LogP contribution in [-0.4, -0.2) is 23.0 Å². The van der Waals surface area contributed by atoms with Gasteiger partial charge in [-0.1, -0.05) is 12.1 Å². The number of rotatable bonds is 7. The summed E-state index contributed by atoms with van der Waals surface area (Å²) in [6, 6.07) is 5.86. The van der Waals surface area contributed by atoms with Gasteiger partial charge in [0.05, 0.1) is 0 Å². The normalized spacial score (nSPS) is 9.69. The Kier molecular flexibility index (Phi) is 6.31. The van der Waals surface area contributed by atoms with Gasteiger partial charge in [0.2, 0.25) is 0 Å². The van der Waals surface area contributed by atoms with Crippen molar-refractivity contribution in [3.05, 3.63) is 42.2 Å². The fraction of sp³-hybridized carbons (Fsp3) is 0.333. The molecule has 0 amide bonds. The number of pyridine rings is 1. The van der Waals surface area contributed by atoms with Gasteiger partial charge >= 0.3 is 0 Å². The van der Waals surface area contributed by atoms with Crippen LogP contribution in [-0.2, 0) is 6.54 Å². The molecule has 84 valence electrons. The van der Waals surface area contributed by atoms with E-state index in [2.05, 4.69) is 22.9 Å². The van der Waals surface area contributed by atoms with Crippen molar-refractivity contribution in [2.24, 2.45) is 0 Å². The van der Waals surface area contributed by atoms with Gasteiger partial charge in [-0.15, -0.1) is 6.58 Å². The summed E-state index contributed by atoms with van der Waals surface area (Å²) < 4.78 is 0. The summed E-state index contributed by atoms with van der Waals surface area (Å²) in [5.74, 6) is 2.03. The van der Waals surface area contributed by atoms with Crippen LogP contribution in [0.1, 0.15) is 11.3 Å². The topological polar surface area (TPSA) is 48.7 Å². The first-order valence-corrected chi connectivity index (χ1v) is 6.27. The fourth-order valence-corrected chi connectivity index (χ4v) is 1.84. The lowest BCUT2D eigenvalue weighted by Gasteiger charge is -2.05. The Morgan fingerprint density at radius 1 is 1.62 bits per heavy atom. The number of thioether (sulfide) groups is 1. The third-order valence-corrected chi connectivity index (χ3v) is 2.94. The highest BCUT2D eigenvalue weighted by molar-refractivity contribution is 7.99. The van der Waals surface area contributed by atoms with E-state index in [0.717, 1.165) is 23.6 Å². The predicted molar refractivity (Wildman–Crippen MR) is 68.2 cm³/mol. The first kappa shape index (κ1) is 12.8. The van der Waals surface area contributed by atoms with Gasteiger partial charge in [-0.25, -0.2) is 4.98 Å². The van der Waals surface area contributed by atoms with Crippen LogP contribution in [0.15, 0.2) is 31.0 Å². The average molecular weight is 233 g/mol. The van der Waals surface area contributed by atoms with Gasteiger partial charge in [-0.3, -0.25) is 0 Å². The van der Waals surface area contributed by atoms with E-state index in [-0.39, 0.29) is 0 Å². The highest BCUT2D eigenvalue weighted by atomic mass is 32.2. The van der Waals surface area contributed by atoms with E-state index in [0.29, 0.717) is 12.2 Å². The molecular weight excluding hydrogens is 218 g/mol. The molecule has 0 aliphatic carbocycles. The zero-order chi connectivity index (χ0) is 11.6. The van der Waals surface area contributed by atoms with E-state index in [9.17, 15) is 0 Å². The lowest BCUT2D eigenvalue weighted by molar-refractivity contribution is 0.728. The van der Waals surface area contributed by atoms with Crippen LogP contribution in [0.4, 0.5) is 0 Å². The minimum Gasteiger partial charge on any atom is -0.312 e. The third-order valence-electron chi connectivity index (χ3n) is 1.97. The summed E-state index contributed by atoms with van der Waals surface area (Å²) in [7, 11) is 0. The molecule has 0 fully saturated rings. The van der Waals surface area contributed by atoms with Crippen LogP contribution in [0.5, 0.6) is 0 Å². The Balaban J connectivity index is 2.27. The smallest absolute Gasteiger partial charge is 0.144 e. The summed E-state index contributed by atoms with van der Waals surface area (Å²) in [5, 5.41) is 12.1. The molecule has 1 heterocycles. The van der Waals surface area contributed by atoms with Crippen LogP contribution in [0.3, 0.4) is 0 Å². The Bertz CT molecular complexity index is 371. The van der Waals surface area contributed by atoms with Crippen LogP contribution in [0.2, 0.25) is 0 Å². The number of aromatic nitrogens is 1. The molecule has 0 aliphatic rings. The molecule has 0 radical (unpaired) electrons. The molecule has 4 heteroatoms. The van der Waals surface area contributed by atoms with Crippen LogP contribution in [0.25, 0.3) is 0 Å². The Morgan fingerprint density at radius 2 is 2.50 bits per heavy atom. The van der Waals surface area contributed by atoms with Gasteiger partial charge in [0.1, 0.15) is 11.8 Å². The number of hydrogen-bond acceptors (Lipinski definition) is 4. The molecule has 0 atom stereocenters. The van der Waals surface area contributed by atoms with Gasteiger partial charge in [-0.2, -0.15) is 17.0 Å². The molecule has 0 aromatic carbocycles. The Hall–Kier alpha value is -1.31. The highest BCUT2D eigenvalue weighted by Crippen LogP contribution is 2.03. The second-order valence-electron chi connectivity index (χ2n) is 3.16. The average Bonchev–Trinajstić information content (AvgIpc) is 2.34. The number of hydrogen-bond donors (Lipinski definition) is 1. The second-order valence-corrected chi connectivity index (χ2v) is 4.31. The van der Waals surface area contributed by atoms with Crippen LogP contribution < -0.4 is 5.32 Å². The lowest BCUT2D eigenvalue weighted by atomic mass is 10.2. The Morgan fingerprint density at radius 3 is 3.25 bits per heavy atom. The molecule has 1 rings (SSSR count). The highest BCUT2D eigenvalue weighted by Gasteiger charge is 2.00. The maximum absolute atomic E-state index is 8.84. The summed E-state index contributed by atoms with van der Waals surface area (Å²) in [6.45, 7) is 5.29. The molecule has 3 nitrogen and oxygen atoms in total. The molecule has 1 aromatic heterocycles. The SMILES string of the molecule is C=CCSCCNCc1cccnc1C#N. The Labute approximate surface area is 101 Å². The van der Waals surface area contributed by atoms with Crippen LogP contribution >= 0.6 is 11.8 Å². The van der Waals surface area contributed by atoms with E-state index < -0.39 is 0 Å². The summed E-state index contributed by atoms with van der Waals surface area (Å²) >= 11 is 1.84. The summed E-state index contributed by atoms with van der Waals surface area (Å²) in [4.78, 5) is 4.01. The van der Waals surface area contributed by atoms with E-state index in [1.54, 1.807) is 6.20 Å². The number of nitriles is 1. The minimum atomic E-state index is 0.508. The maximum atomic E-state index is 8.84. The standard InChI is InChI=1S/C12H15N3S/c1-2-7-16-8-6-14-10-11-4-3-5-15-12(11)9-13/h2-5,14H,1,6-8,10H2. The van der Waals surface area contributed by atoms with Gasteiger partial charge < -0.3 is 5.32 Å². The fourth-order valence-electron chi connectivity index (χ4n) is 1.22. The van der Waals surface area contributed by atoms with Crippen molar-refractivity contribution in [3.63, 3.8) is 0 Å². The maximum Gasteiger partial charge on any atom is 0.144 e. The molecule has 0 saturated carbocycles. The van der Waals surface area contributed by atoms with E-state index in [4.69, 9.17) is 5.26 Å². The lowest BCUT2D eigenvalue weighted by Crippen LogP contribution is -2.17. The zero-order valence-electron chi connectivity index (χ0n) is 9.15. The second kappa shape index (κ2) is 7.91. The number of nitrogens with zero attached hydrogens (tertiary/aromatic N) is 2. The third kappa shape index (κ3) is 4.47.